The fourth-order valence-corrected chi connectivity index (χ4v) is 0.294. The Morgan fingerprint density at radius 3 is 1.88 bits per heavy atom. The Balaban J connectivity index is 0. The number of carbonyl (C=O) groups excluding carboxylic acids is 1. The fourth-order valence-electron chi connectivity index (χ4n) is 0.294. The maximum atomic E-state index is 10.0. The van der Waals surface area contributed by atoms with Crippen LogP contribution in [0.3, 0.4) is 0 Å². The largest absolute Gasteiger partial charge is 0.512 e. The van der Waals surface area contributed by atoms with Gasteiger partial charge in [-0.05, 0) is 13.8 Å². The van der Waals surface area contributed by atoms with Gasteiger partial charge in [0.05, 0.1) is 5.76 Å². The molecule has 0 aliphatic carbocycles. The maximum Gasteiger partial charge on any atom is 0.155 e. The Morgan fingerprint density at radius 1 is 1.50 bits per heavy atom. The first-order chi connectivity index (χ1) is 3.13. The molecule has 0 aliphatic heterocycles. The second-order valence-corrected chi connectivity index (χ2v) is 1.40. The van der Waals surface area contributed by atoms with E-state index in [1.54, 1.807) is 0 Å². The molecule has 0 unspecified atom stereocenters. The summed E-state index contributed by atoms with van der Waals surface area (Å²) < 4.78 is 0. The standard InChI is InChI=1S/C5H8O2.Mn/c1-4(6)3-5(2)7;/h3,6H,1-2H3;/b4-3-;. The van der Waals surface area contributed by atoms with E-state index in [2.05, 4.69) is 0 Å². The predicted octanol–water partition coefficient (Wildman–Crippen LogP) is 1.03. The van der Waals surface area contributed by atoms with Crippen molar-refractivity contribution in [2.24, 2.45) is 0 Å². The van der Waals surface area contributed by atoms with Gasteiger partial charge < -0.3 is 5.11 Å². The van der Waals surface area contributed by atoms with Gasteiger partial charge in [0.25, 0.3) is 0 Å². The van der Waals surface area contributed by atoms with Crippen molar-refractivity contribution < 1.29 is 27.0 Å². The molecule has 0 saturated heterocycles. The van der Waals surface area contributed by atoms with E-state index >= 15 is 0 Å². The van der Waals surface area contributed by atoms with Crippen LogP contribution in [0.15, 0.2) is 11.8 Å². The van der Waals surface area contributed by atoms with E-state index in [-0.39, 0.29) is 28.6 Å². The van der Waals surface area contributed by atoms with Gasteiger partial charge in [0.15, 0.2) is 5.78 Å². The Kier molecular flexibility index (Phi) is 6.50. The van der Waals surface area contributed by atoms with E-state index in [4.69, 9.17) is 5.11 Å². The van der Waals surface area contributed by atoms with Crippen LogP contribution in [0.2, 0.25) is 0 Å². The smallest absolute Gasteiger partial charge is 0.155 e. The molecule has 2 nitrogen and oxygen atoms in total. The third-order valence-electron chi connectivity index (χ3n) is 0.412. The SMILES string of the molecule is CC(=O)/C=C(/C)O.[Mn]. The summed E-state index contributed by atoms with van der Waals surface area (Å²) in [5.74, 6) is -0.0625. The molecular formula is C5H8MnO2. The van der Waals surface area contributed by atoms with Crippen molar-refractivity contribution in [3.8, 4) is 0 Å². The fraction of sp³-hybridized carbons (Fsp3) is 0.400. The van der Waals surface area contributed by atoms with Crippen molar-refractivity contribution in [3.05, 3.63) is 11.8 Å². The molecule has 8 heavy (non-hydrogen) atoms. The first-order valence-corrected chi connectivity index (χ1v) is 2.01. The number of ketones is 1. The molecule has 0 saturated carbocycles. The van der Waals surface area contributed by atoms with Gasteiger partial charge in [0.1, 0.15) is 0 Å². The Hall–Kier alpha value is -0.271. The zero-order chi connectivity index (χ0) is 5.86. The summed E-state index contributed by atoms with van der Waals surface area (Å²) in [5, 5.41) is 8.36. The number of allylic oxidation sites excluding steroid dienone is 2. The van der Waals surface area contributed by atoms with Crippen molar-refractivity contribution in [3.63, 3.8) is 0 Å². The second-order valence-electron chi connectivity index (χ2n) is 1.40. The molecule has 0 atom stereocenters. The van der Waals surface area contributed by atoms with E-state index in [9.17, 15) is 4.79 Å². The molecule has 0 amide bonds. The summed E-state index contributed by atoms with van der Waals surface area (Å²) in [5.41, 5.74) is 0. The van der Waals surface area contributed by atoms with Gasteiger partial charge in [-0.15, -0.1) is 0 Å². The van der Waals surface area contributed by atoms with E-state index < -0.39 is 0 Å². The number of hydrogen-bond acceptors (Lipinski definition) is 2. The summed E-state index contributed by atoms with van der Waals surface area (Å²) in [6, 6.07) is 0. The monoisotopic (exact) mass is 155 g/mol. The Labute approximate surface area is 59.1 Å². The minimum atomic E-state index is -0.125. The number of carbonyl (C=O) groups is 1. The summed E-state index contributed by atoms with van der Waals surface area (Å²) in [6.07, 6.45) is 1.17. The van der Waals surface area contributed by atoms with Gasteiger partial charge >= 0.3 is 0 Å². The van der Waals surface area contributed by atoms with Crippen molar-refractivity contribution in [2.75, 3.05) is 0 Å². The zero-order valence-electron chi connectivity index (χ0n) is 4.81. The van der Waals surface area contributed by atoms with Crippen LogP contribution in [0.25, 0.3) is 0 Å². The first kappa shape index (κ1) is 10.7. The predicted molar refractivity (Wildman–Crippen MR) is 27.1 cm³/mol. The molecule has 0 spiro atoms. The summed E-state index contributed by atoms with van der Waals surface area (Å²) >= 11 is 0. The zero-order valence-corrected chi connectivity index (χ0v) is 5.99. The molecule has 0 aromatic rings. The van der Waals surface area contributed by atoms with Gasteiger partial charge in [-0.1, -0.05) is 0 Å². The summed E-state index contributed by atoms with van der Waals surface area (Å²) in [7, 11) is 0. The molecule has 0 fully saturated rings. The molecule has 0 rings (SSSR count). The Bertz CT molecular complexity index is 103. The van der Waals surface area contributed by atoms with Crippen LogP contribution in [0.1, 0.15) is 13.8 Å². The molecule has 0 aromatic carbocycles. The molecule has 1 N–H and O–H groups in total. The van der Waals surface area contributed by atoms with Crippen molar-refractivity contribution in [1.82, 2.24) is 0 Å². The minimum Gasteiger partial charge on any atom is -0.512 e. The van der Waals surface area contributed by atoms with E-state index in [0.717, 1.165) is 0 Å². The normalized spacial score (nSPS) is 10.0. The van der Waals surface area contributed by atoms with Crippen LogP contribution >= 0.6 is 0 Å². The van der Waals surface area contributed by atoms with Gasteiger partial charge in [-0.25, -0.2) is 0 Å². The van der Waals surface area contributed by atoms with Gasteiger partial charge in [-0.3, -0.25) is 4.79 Å². The number of rotatable bonds is 1. The van der Waals surface area contributed by atoms with E-state index in [1.807, 2.05) is 0 Å². The first-order valence-electron chi connectivity index (χ1n) is 2.01. The quantitative estimate of drug-likeness (QED) is 0.349. The molecule has 0 aliphatic rings. The maximum absolute atomic E-state index is 10.0. The number of aliphatic hydroxyl groups excluding tert-OH is 1. The van der Waals surface area contributed by atoms with Crippen molar-refractivity contribution in [2.45, 2.75) is 13.8 Å². The van der Waals surface area contributed by atoms with Crippen LogP contribution < -0.4 is 0 Å². The molecule has 1 radical (unpaired) electrons. The van der Waals surface area contributed by atoms with Crippen LogP contribution in [0.5, 0.6) is 0 Å². The average Bonchev–Trinajstić information content (AvgIpc) is 1.27. The van der Waals surface area contributed by atoms with Crippen LogP contribution in [0, 0.1) is 0 Å². The molecular weight excluding hydrogens is 147 g/mol. The topological polar surface area (TPSA) is 37.3 Å². The minimum absolute atomic E-state index is 0. The van der Waals surface area contributed by atoms with Crippen LogP contribution in [-0.4, -0.2) is 10.9 Å². The molecule has 0 bridgehead atoms. The molecule has 0 aromatic heterocycles. The van der Waals surface area contributed by atoms with Crippen LogP contribution in [-0.2, 0) is 21.9 Å². The van der Waals surface area contributed by atoms with Crippen LogP contribution in [0.4, 0.5) is 0 Å². The van der Waals surface area contributed by atoms with Gasteiger partial charge in [0.2, 0.25) is 0 Å². The third-order valence-corrected chi connectivity index (χ3v) is 0.412. The second kappa shape index (κ2) is 4.88. The van der Waals surface area contributed by atoms with Gasteiger partial charge in [-0.2, -0.15) is 0 Å². The third kappa shape index (κ3) is 9.21. The van der Waals surface area contributed by atoms with Crippen molar-refractivity contribution >= 4 is 5.78 Å². The Morgan fingerprint density at radius 2 is 1.88 bits per heavy atom. The molecule has 3 heteroatoms. The van der Waals surface area contributed by atoms with Crippen molar-refractivity contribution in [1.29, 1.82) is 0 Å². The molecule has 0 heterocycles. The molecule has 47 valence electrons. The summed E-state index contributed by atoms with van der Waals surface area (Å²) in [4.78, 5) is 10.0. The number of aliphatic hydroxyl groups is 1. The summed E-state index contributed by atoms with van der Waals surface area (Å²) in [6.45, 7) is 2.85. The number of hydrogen-bond donors (Lipinski definition) is 1. The average molecular weight is 155 g/mol. The van der Waals surface area contributed by atoms with E-state index in [0.29, 0.717) is 0 Å². The van der Waals surface area contributed by atoms with Gasteiger partial charge in [0, 0.05) is 23.1 Å². The van der Waals surface area contributed by atoms with E-state index in [1.165, 1.54) is 19.9 Å².